The topological polar surface area (TPSA) is 137 Å². The van der Waals surface area contributed by atoms with Gasteiger partial charge in [-0.3, -0.25) is 9.59 Å². The lowest BCUT2D eigenvalue weighted by Crippen LogP contribution is -2.56. The fraction of sp³-hybridized carbons (Fsp3) is 0.270. The Kier molecular flexibility index (Phi) is 12.5. The molecule has 5 N–H and O–H groups in total. The maximum Gasteiger partial charge on any atom is 0.408 e. The molecule has 0 spiro atoms. The number of alkyl carbamates (subject to hydrolysis) is 1. The van der Waals surface area contributed by atoms with Crippen molar-refractivity contribution < 1.29 is 29.3 Å². The fourth-order valence-electron chi connectivity index (χ4n) is 5.08. The standard InChI is InChI=1S/C37H41N3O6/c1-27(39-36(44)46-26-31-20-12-5-13-21-31)34(42)40-32(22-28-14-6-2-7-15-28)33(41)24-37(45,23-29-16-8-3-9-17-29)35(43)38-25-30-18-10-4-11-19-30/h2-21,27,32-33,41,45H,22-26H2,1H3,(H,38,43)(H,39,44)(H,40,42)/t27-,32+,33+,37+/m0/s1. The highest BCUT2D eigenvalue weighted by atomic mass is 16.5. The molecule has 4 aromatic carbocycles. The Morgan fingerprint density at radius 1 is 0.717 bits per heavy atom. The van der Waals surface area contributed by atoms with Crippen LogP contribution in [0.2, 0.25) is 0 Å². The summed E-state index contributed by atoms with van der Waals surface area (Å²) in [6, 6.07) is 34.9. The molecule has 4 atom stereocenters. The molecule has 0 heterocycles. The molecule has 0 saturated heterocycles. The van der Waals surface area contributed by atoms with Crippen LogP contribution in [0.1, 0.15) is 35.6 Å². The first-order chi connectivity index (χ1) is 22.2. The van der Waals surface area contributed by atoms with E-state index in [0.717, 1.165) is 16.7 Å². The van der Waals surface area contributed by atoms with Gasteiger partial charge >= 0.3 is 6.09 Å². The minimum Gasteiger partial charge on any atom is -0.445 e. The van der Waals surface area contributed by atoms with E-state index < -0.39 is 41.7 Å². The van der Waals surface area contributed by atoms with Gasteiger partial charge < -0.3 is 30.9 Å². The number of carbonyl (C=O) groups excluding carboxylic acids is 3. The van der Waals surface area contributed by atoms with Crippen LogP contribution in [-0.4, -0.2) is 51.9 Å². The zero-order chi connectivity index (χ0) is 32.8. The number of amides is 3. The fourth-order valence-corrected chi connectivity index (χ4v) is 5.08. The van der Waals surface area contributed by atoms with E-state index >= 15 is 0 Å². The van der Waals surface area contributed by atoms with E-state index in [1.54, 1.807) is 12.1 Å². The Labute approximate surface area is 269 Å². The number of hydrogen-bond donors (Lipinski definition) is 5. The van der Waals surface area contributed by atoms with Gasteiger partial charge in [0, 0.05) is 19.4 Å². The summed E-state index contributed by atoms with van der Waals surface area (Å²) in [6.07, 6.45) is -2.30. The molecule has 9 heteroatoms. The van der Waals surface area contributed by atoms with Crippen molar-refractivity contribution in [2.75, 3.05) is 0 Å². The third-order valence-electron chi connectivity index (χ3n) is 7.64. The maximum absolute atomic E-state index is 13.6. The summed E-state index contributed by atoms with van der Waals surface area (Å²) >= 11 is 0. The predicted molar refractivity (Wildman–Crippen MR) is 175 cm³/mol. The van der Waals surface area contributed by atoms with Crippen molar-refractivity contribution in [1.29, 1.82) is 0 Å². The van der Waals surface area contributed by atoms with Crippen molar-refractivity contribution >= 4 is 17.9 Å². The second-order valence-electron chi connectivity index (χ2n) is 11.4. The van der Waals surface area contributed by atoms with Crippen LogP contribution in [-0.2, 0) is 40.3 Å². The lowest BCUT2D eigenvalue weighted by Gasteiger charge is -2.33. The number of rotatable bonds is 15. The molecule has 3 amide bonds. The van der Waals surface area contributed by atoms with Gasteiger partial charge in [-0.05, 0) is 35.6 Å². The van der Waals surface area contributed by atoms with Crippen LogP contribution in [0.25, 0.3) is 0 Å². The molecule has 240 valence electrons. The Hall–Kier alpha value is -4.99. The molecular formula is C37H41N3O6. The molecule has 0 saturated carbocycles. The summed E-state index contributed by atoms with van der Waals surface area (Å²) < 4.78 is 5.24. The van der Waals surface area contributed by atoms with E-state index in [1.807, 2.05) is 109 Å². The molecule has 0 aliphatic carbocycles. The van der Waals surface area contributed by atoms with Gasteiger partial charge in [0.05, 0.1) is 12.1 Å². The first-order valence-electron chi connectivity index (χ1n) is 15.3. The number of ether oxygens (including phenoxy) is 1. The molecule has 4 aromatic rings. The molecule has 0 fully saturated rings. The Morgan fingerprint density at radius 2 is 1.22 bits per heavy atom. The van der Waals surface area contributed by atoms with Crippen LogP contribution < -0.4 is 16.0 Å². The molecule has 46 heavy (non-hydrogen) atoms. The van der Waals surface area contributed by atoms with Crippen LogP contribution in [0.15, 0.2) is 121 Å². The smallest absolute Gasteiger partial charge is 0.408 e. The Bertz CT molecular complexity index is 1520. The largest absolute Gasteiger partial charge is 0.445 e. The zero-order valence-corrected chi connectivity index (χ0v) is 25.8. The zero-order valence-electron chi connectivity index (χ0n) is 25.8. The number of benzene rings is 4. The van der Waals surface area contributed by atoms with Gasteiger partial charge in [-0.25, -0.2) is 4.79 Å². The van der Waals surface area contributed by atoms with E-state index in [2.05, 4.69) is 16.0 Å². The number of carbonyl (C=O) groups is 3. The summed E-state index contributed by atoms with van der Waals surface area (Å²) in [7, 11) is 0. The third-order valence-corrected chi connectivity index (χ3v) is 7.64. The average molecular weight is 624 g/mol. The summed E-state index contributed by atoms with van der Waals surface area (Å²) in [5.74, 6) is -1.20. The number of nitrogens with one attached hydrogen (secondary N) is 3. The number of aliphatic hydroxyl groups is 2. The van der Waals surface area contributed by atoms with Gasteiger partial charge in [-0.15, -0.1) is 0 Å². The van der Waals surface area contributed by atoms with Crippen molar-refractivity contribution in [2.24, 2.45) is 0 Å². The van der Waals surface area contributed by atoms with E-state index in [-0.39, 0.29) is 32.4 Å². The maximum atomic E-state index is 13.6. The van der Waals surface area contributed by atoms with Crippen LogP contribution in [0.5, 0.6) is 0 Å². The lowest BCUT2D eigenvalue weighted by molar-refractivity contribution is -0.144. The van der Waals surface area contributed by atoms with Crippen molar-refractivity contribution in [1.82, 2.24) is 16.0 Å². The summed E-state index contributed by atoms with van der Waals surface area (Å²) in [5.41, 5.74) is 1.20. The molecule has 0 aliphatic rings. The highest BCUT2D eigenvalue weighted by Gasteiger charge is 2.40. The SMILES string of the molecule is C[C@H](NC(=O)OCc1ccccc1)C(=O)N[C@H](Cc1ccccc1)[C@H](O)C[C@](O)(Cc1ccccc1)C(=O)NCc1ccccc1. The van der Waals surface area contributed by atoms with Crippen molar-refractivity contribution in [3.8, 4) is 0 Å². The van der Waals surface area contributed by atoms with Crippen LogP contribution >= 0.6 is 0 Å². The van der Waals surface area contributed by atoms with E-state index in [4.69, 9.17) is 4.74 Å². The summed E-state index contributed by atoms with van der Waals surface area (Å²) in [6.45, 7) is 1.75. The molecule has 0 radical (unpaired) electrons. The first-order valence-corrected chi connectivity index (χ1v) is 15.3. The molecule has 0 aromatic heterocycles. The van der Waals surface area contributed by atoms with Crippen molar-refractivity contribution in [3.05, 3.63) is 144 Å². The highest BCUT2D eigenvalue weighted by molar-refractivity contribution is 5.86. The molecule has 4 rings (SSSR count). The third kappa shape index (κ3) is 10.6. The van der Waals surface area contributed by atoms with Gasteiger partial charge in [-0.2, -0.15) is 0 Å². The molecule has 0 unspecified atom stereocenters. The van der Waals surface area contributed by atoms with E-state index in [1.165, 1.54) is 6.92 Å². The van der Waals surface area contributed by atoms with Crippen molar-refractivity contribution in [2.45, 2.75) is 63.1 Å². The highest BCUT2D eigenvalue weighted by Crippen LogP contribution is 2.23. The molecule has 9 nitrogen and oxygen atoms in total. The van der Waals surface area contributed by atoms with Crippen LogP contribution in [0.4, 0.5) is 4.79 Å². The number of hydrogen-bond acceptors (Lipinski definition) is 6. The first kappa shape index (κ1) is 33.9. The quantitative estimate of drug-likeness (QED) is 0.135. The molecule has 0 aliphatic heterocycles. The molecule has 0 bridgehead atoms. The average Bonchev–Trinajstić information content (AvgIpc) is 3.07. The van der Waals surface area contributed by atoms with E-state index in [0.29, 0.717) is 5.56 Å². The summed E-state index contributed by atoms with van der Waals surface area (Å²) in [5, 5.41) is 31.6. The monoisotopic (exact) mass is 623 g/mol. The predicted octanol–water partition coefficient (Wildman–Crippen LogP) is 4.07. The Morgan fingerprint density at radius 3 is 1.78 bits per heavy atom. The lowest BCUT2D eigenvalue weighted by atomic mass is 9.84. The van der Waals surface area contributed by atoms with Gasteiger partial charge in [0.1, 0.15) is 18.2 Å². The van der Waals surface area contributed by atoms with Gasteiger partial charge in [-0.1, -0.05) is 121 Å². The second kappa shape index (κ2) is 16.9. The minimum absolute atomic E-state index is 0.0443. The second-order valence-corrected chi connectivity index (χ2v) is 11.4. The van der Waals surface area contributed by atoms with Crippen molar-refractivity contribution in [3.63, 3.8) is 0 Å². The van der Waals surface area contributed by atoms with Gasteiger partial charge in [0.15, 0.2) is 0 Å². The molecular weight excluding hydrogens is 582 g/mol. The van der Waals surface area contributed by atoms with Gasteiger partial charge in [0.25, 0.3) is 5.91 Å². The number of aliphatic hydroxyl groups excluding tert-OH is 1. The van der Waals surface area contributed by atoms with E-state index in [9.17, 15) is 24.6 Å². The minimum atomic E-state index is -2.00. The normalized spacial score (nSPS) is 14.2. The van der Waals surface area contributed by atoms with Crippen LogP contribution in [0.3, 0.4) is 0 Å². The van der Waals surface area contributed by atoms with Gasteiger partial charge in [0.2, 0.25) is 5.91 Å². The Balaban J connectivity index is 1.47. The summed E-state index contributed by atoms with van der Waals surface area (Å²) in [4.78, 5) is 39.2. The van der Waals surface area contributed by atoms with Crippen LogP contribution in [0, 0.1) is 0 Å².